The maximum atomic E-state index is 13.2. The summed E-state index contributed by atoms with van der Waals surface area (Å²) in [4.78, 5) is 49.0. The van der Waals surface area contributed by atoms with Crippen molar-refractivity contribution in [3.8, 4) is 5.69 Å². The Morgan fingerprint density at radius 2 is 1.84 bits per heavy atom. The van der Waals surface area contributed by atoms with Crippen molar-refractivity contribution in [3.63, 3.8) is 0 Å². The Kier molecular flexibility index (Phi) is 9.71. The second-order valence-electron chi connectivity index (χ2n) is 8.04. The number of alkyl halides is 3. The van der Waals surface area contributed by atoms with E-state index in [9.17, 15) is 32.3 Å². The number of halogens is 3. The molecule has 2 aromatic carbocycles. The molecule has 0 radical (unpaired) electrons. The van der Waals surface area contributed by atoms with Crippen LogP contribution in [0.4, 0.5) is 18.9 Å². The molecule has 0 spiro atoms. The van der Waals surface area contributed by atoms with Gasteiger partial charge in [-0.1, -0.05) is 24.3 Å². The molecule has 0 aliphatic carbocycles. The Morgan fingerprint density at radius 1 is 1.08 bits per heavy atom. The highest BCUT2D eigenvalue weighted by Crippen LogP contribution is 2.20. The van der Waals surface area contributed by atoms with Crippen LogP contribution in [0.25, 0.3) is 5.69 Å². The molecule has 3 rings (SSSR count). The van der Waals surface area contributed by atoms with Crippen molar-refractivity contribution in [1.29, 1.82) is 0 Å². The van der Waals surface area contributed by atoms with Crippen LogP contribution in [0.5, 0.6) is 0 Å². The molecule has 38 heavy (non-hydrogen) atoms. The third-order valence-corrected chi connectivity index (χ3v) is 6.28. The van der Waals surface area contributed by atoms with E-state index in [1.54, 1.807) is 36.4 Å². The summed E-state index contributed by atoms with van der Waals surface area (Å²) in [5.41, 5.74) is 1.26. The van der Waals surface area contributed by atoms with E-state index < -0.39 is 35.6 Å². The van der Waals surface area contributed by atoms with Gasteiger partial charge in [0.2, 0.25) is 11.7 Å². The molecule has 0 aliphatic heterocycles. The standard InChI is InChI=1S/C24H23F3N6O4S/c1-15(34)16-6-4-7-17(12-16)29-23(37)19(9-5-11-38-13-21(35)24(25,26)27)30-22(36)18-8-2-3-10-20(18)33-14-28-31-32-33/h2-4,6-8,10,12,14,19H,5,9,11,13H2,1H3,(H,29,37)(H,30,36)/t19-/m0/s1. The Hall–Kier alpha value is -4.07. The summed E-state index contributed by atoms with van der Waals surface area (Å²) < 4.78 is 38.5. The molecule has 14 heteroatoms. The average Bonchev–Trinajstić information content (AvgIpc) is 3.42. The number of para-hydroxylation sites is 1. The molecule has 10 nitrogen and oxygen atoms in total. The number of carbonyl (C=O) groups excluding carboxylic acids is 4. The van der Waals surface area contributed by atoms with E-state index in [1.165, 1.54) is 30.1 Å². The molecule has 0 unspecified atom stereocenters. The zero-order valence-corrected chi connectivity index (χ0v) is 20.9. The number of thioether (sulfide) groups is 1. The number of aromatic nitrogens is 4. The lowest BCUT2D eigenvalue weighted by molar-refractivity contribution is -0.167. The highest BCUT2D eigenvalue weighted by molar-refractivity contribution is 7.99. The fraction of sp³-hybridized carbons (Fsp3) is 0.292. The molecule has 2 N–H and O–H groups in total. The quantitative estimate of drug-likeness (QED) is 0.260. The zero-order valence-electron chi connectivity index (χ0n) is 20.1. The predicted molar refractivity (Wildman–Crippen MR) is 133 cm³/mol. The highest BCUT2D eigenvalue weighted by Gasteiger charge is 2.37. The maximum Gasteiger partial charge on any atom is 0.450 e. The summed E-state index contributed by atoms with van der Waals surface area (Å²) in [7, 11) is 0. The van der Waals surface area contributed by atoms with Crippen LogP contribution in [0.15, 0.2) is 54.9 Å². The first kappa shape index (κ1) is 28.5. The van der Waals surface area contributed by atoms with E-state index in [0.717, 1.165) is 11.8 Å². The molecule has 2 amide bonds. The van der Waals surface area contributed by atoms with Gasteiger partial charge in [-0.2, -0.15) is 29.6 Å². The molecular formula is C24H23F3N6O4S. The first-order valence-corrected chi connectivity index (χ1v) is 12.4. The molecule has 1 atom stereocenters. The van der Waals surface area contributed by atoms with Crippen LogP contribution in [0, 0.1) is 0 Å². The Morgan fingerprint density at radius 3 is 2.53 bits per heavy atom. The van der Waals surface area contributed by atoms with E-state index in [0.29, 0.717) is 16.9 Å². The fourth-order valence-electron chi connectivity index (χ4n) is 3.32. The van der Waals surface area contributed by atoms with E-state index in [1.807, 2.05) is 0 Å². The minimum Gasteiger partial charge on any atom is -0.340 e. The molecule has 3 aromatic rings. The summed E-state index contributed by atoms with van der Waals surface area (Å²) in [6.45, 7) is 1.38. The van der Waals surface area contributed by atoms with Crippen molar-refractivity contribution < 1.29 is 32.3 Å². The SMILES string of the molecule is CC(=O)c1cccc(NC(=O)[C@H](CCCSCC(=O)C(F)(F)F)NC(=O)c2ccccc2-n2cnnn2)c1. The topological polar surface area (TPSA) is 136 Å². The minimum atomic E-state index is -4.90. The molecule has 0 aliphatic rings. The van der Waals surface area contributed by atoms with Gasteiger partial charge in [0.05, 0.1) is 17.0 Å². The van der Waals surface area contributed by atoms with E-state index in [-0.39, 0.29) is 29.9 Å². The highest BCUT2D eigenvalue weighted by atomic mass is 32.2. The summed E-state index contributed by atoms with van der Waals surface area (Å²) in [6, 6.07) is 11.6. The Bertz CT molecular complexity index is 1300. The van der Waals surface area contributed by atoms with Gasteiger partial charge in [0.25, 0.3) is 5.91 Å². The van der Waals surface area contributed by atoms with Crippen LogP contribution in [-0.2, 0) is 9.59 Å². The number of amides is 2. The van der Waals surface area contributed by atoms with Gasteiger partial charge in [-0.25, -0.2) is 0 Å². The number of hydrogen-bond donors (Lipinski definition) is 2. The van der Waals surface area contributed by atoms with Crippen molar-refractivity contribution in [2.45, 2.75) is 32.0 Å². The van der Waals surface area contributed by atoms with E-state index in [2.05, 4.69) is 26.2 Å². The molecular weight excluding hydrogens is 525 g/mol. The number of anilines is 1. The number of rotatable bonds is 12. The Balaban J connectivity index is 1.73. The van der Waals surface area contributed by atoms with Crippen LogP contribution in [0.3, 0.4) is 0 Å². The van der Waals surface area contributed by atoms with Crippen LogP contribution in [0.2, 0.25) is 0 Å². The summed E-state index contributed by atoms with van der Waals surface area (Å²) in [5.74, 6) is -3.80. The lowest BCUT2D eigenvalue weighted by Gasteiger charge is -2.19. The monoisotopic (exact) mass is 548 g/mol. The van der Waals surface area contributed by atoms with Gasteiger partial charge in [-0.15, -0.1) is 5.10 Å². The van der Waals surface area contributed by atoms with Crippen molar-refractivity contribution in [3.05, 3.63) is 66.0 Å². The second kappa shape index (κ2) is 12.9. The van der Waals surface area contributed by atoms with Gasteiger partial charge >= 0.3 is 6.18 Å². The van der Waals surface area contributed by atoms with E-state index in [4.69, 9.17) is 0 Å². The number of carbonyl (C=O) groups is 4. The predicted octanol–water partition coefficient (Wildman–Crippen LogP) is 3.25. The maximum absolute atomic E-state index is 13.2. The second-order valence-corrected chi connectivity index (χ2v) is 9.14. The largest absolute Gasteiger partial charge is 0.450 e. The van der Waals surface area contributed by atoms with Gasteiger partial charge in [-0.3, -0.25) is 19.2 Å². The van der Waals surface area contributed by atoms with Crippen LogP contribution in [-0.4, -0.2) is 67.3 Å². The van der Waals surface area contributed by atoms with E-state index >= 15 is 0 Å². The molecule has 0 bridgehead atoms. The number of Topliss-reactive ketones (excluding diaryl/α,β-unsaturated/α-hetero) is 2. The third-order valence-electron chi connectivity index (χ3n) is 5.23. The normalized spacial score (nSPS) is 12.0. The van der Waals surface area contributed by atoms with Crippen molar-refractivity contribution >= 4 is 40.8 Å². The molecule has 0 fully saturated rings. The Labute approximate surface area is 219 Å². The average molecular weight is 549 g/mol. The molecule has 0 saturated heterocycles. The minimum absolute atomic E-state index is 0.0736. The van der Waals surface area contributed by atoms with Gasteiger partial charge in [0.1, 0.15) is 12.4 Å². The number of ketones is 2. The number of hydrogen-bond acceptors (Lipinski definition) is 8. The molecule has 0 saturated carbocycles. The third kappa shape index (κ3) is 7.96. The van der Waals surface area contributed by atoms with Gasteiger partial charge in [0, 0.05) is 11.3 Å². The lowest BCUT2D eigenvalue weighted by Crippen LogP contribution is -2.44. The molecule has 200 valence electrons. The van der Waals surface area contributed by atoms with Crippen LogP contribution < -0.4 is 10.6 Å². The van der Waals surface area contributed by atoms with Crippen LogP contribution >= 0.6 is 11.8 Å². The first-order chi connectivity index (χ1) is 18.1. The van der Waals surface area contributed by atoms with Crippen molar-refractivity contribution in [2.24, 2.45) is 0 Å². The molecule has 1 aromatic heterocycles. The lowest BCUT2D eigenvalue weighted by atomic mass is 10.1. The van der Waals surface area contributed by atoms with Gasteiger partial charge < -0.3 is 10.6 Å². The summed E-state index contributed by atoms with van der Waals surface area (Å²) >= 11 is 0.790. The van der Waals surface area contributed by atoms with Crippen molar-refractivity contribution in [2.75, 3.05) is 16.8 Å². The summed E-state index contributed by atoms with van der Waals surface area (Å²) in [6.07, 6.45) is -3.29. The molecule has 1 heterocycles. The van der Waals surface area contributed by atoms with Gasteiger partial charge in [-0.05, 0) is 60.2 Å². The zero-order chi connectivity index (χ0) is 27.7. The number of nitrogens with one attached hydrogen (secondary N) is 2. The number of benzene rings is 2. The van der Waals surface area contributed by atoms with Gasteiger partial charge in [0.15, 0.2) is 5.78 Å². The summed E-state index contributed by atoms with van der Waals surface area (Å²) in [5, 5.41) is 16.2. The smallest absolute Gasteiger partial charge is 0.340 e. The number of tetrazole rings is 1. The number of nitrogens with zero attached hydrogens (tertiary/aromatic N) is 4. The first-order valence-electron chi connectivity index (χ1n) is 11.3. The van der Waals surface area contributed by atoms with Crippen molar-refractivity contribution in [1.82, 2.24) is 25.5 Å². The van der Waals surface area contributed by atoms with Crippen LogP contribution in [0.1, 0.15) is 40.5 Å². The fourth-order valence-corrected chi connectivity index (χ4v) is 4.19.